The van der Waals surface area contributed by atoms with Gasteiger partial charge in [-0.05, 0) is 25.1 Å². The van der Waals surface area contributed by atoms with Gasteiger partial charge in [-0.3, -0.25) is 10.1 Å². The lowest BCUT2D eigenvalue weighted by atomic mass is 10.0. The van der Waals surface area contributed by atoms with Crippen LogP contribution >= 0.6 is 0 Å². The lowest BCUT2D eigenvalue weighted by Crippen LogP contribution is -2.15. The fraction of sp³-hybridized carbons (Fsp3) is 0.0909. The third-order valence-electron chi connectivity index (χ3n) is 4.46. The zero-order chi connectivity index (χ0) is 21.1. The van der Waals surface area contributed by atoms with Crippen LogP contribution < -0.4 is 5.32 Å². The van der Waals surface area contributed by atoms with Gasteiger partial charge >= 0.3 is 0 Å². The minimum atomic E-state index is -1.05. The smallest absolute Gasteiger partial charge is 0.241 e. The molecule has 0 atom stereocenters. The topological polar surface area (TPSA) is 80.9 Å². The number of hydrogen-bond donors (Lipinski definition) is 1. The van der Waals surface area contributed by atoms with E-state index in [9.17, 15) is 13.6 Å². The number of halogens is 2. The van der Waals surface area contributed by atoms with Crippen LogP contribution in [0.15, 0.2) is 65.6 Å². The zero-order valence-electron chi connectivity index (χ0n) is 15.9. The number of hydrogen-bond acceptors (Lipinski definition) is 5. The van der Waals surface area contributed by atoms with Gasteiger partial charge in [0.2, 0.25) is 11.8 Å². The molecule has 2 heterocycles. The zero-order valence-corrected chi connectivity index (χ0v) is 15.9. The molecule has 6 nitrogen and oxygen atoms in total. The number of carbonyl (C=O) groups is 1. The highest BCUT2D eigenvalue weighted by atomic mass is 19.2. The van der Waals surface area contributed by atoms with E-state index in [-0.39, 0.29) is 17.9 Å². The highest BCUT2D eigenvalue weighted by Crippen LogP contribution is 2.36. The second kappa shape index (κ2) is 8.20. The Morgan fingerprint density at radius 2 is 1.97 bits per heavy atom. The first kappa shape index (κ1) is 19.4. The quantitative estimate of drug-likeness (QED) is 0.525. The van der Waals surface area contributed by atoms with E-state index in [0.717, 1.165) is 17.2 Å². The predicted octanol–water partition coefficient (Wildman–Crippen LogP) is 4.57. The van der Waals surface area contributed by atoms with E-state index in [4.69, 9.17) is 4.52 Å². The van der Waals surface area contributed by atoms with Gasteiger partial charge in [-0.25, -0.2) is 18.7 Å². The van der Waals surface area contributed by atoms with E-state index < -0.39 is 17.5 Å². The Balaban J connectivity index is 1.70. The van der Waals surface area contributed by atoms with Gasteiger partial charge in [0.25, 0.3) is 0 Å². The van der Waals surface area contributed by atoms with Crippen LogP contribution in [0.2, 0.25) is 0 Å². The molecular weight excluding hydrogens is 390 g/mol. The van der Waals surface area contributed by atoms with Crippen molar-refractivity contribution >= 4 is 11.8 Å². The van der Waals surface area contributed by atoms with Gasteiger partial charge in [0.15, 0.2) is 11.6 Å². The number of amides is 1. The molecule has 4 aromatic rings. The molecule has 0 unspecified atom stereocenters. The highest BCUT2D eigenvalue weighted by Gasteiger charge is 2.23. The minimum Gasteiger partial charge on any atom is -0.337 e. The molecule has 2 aromatic heterocycles. The molecule has 1 N–H and O–H groups in total. The normalized spacial score (nSPS) is 10.8. The summed E-state index contributed by atoms with van der Waals surface area (Å²) < 4.78 is 32.7. The molecule has 0 aliphatic rings. The molecular formula is C22H16F2N4O2. The van der Waals surface area contributed by atoms with Gasteiger partial charge < -0.3 is 4.52 Å². The standard InChI is InChI=1S/C22H16F2N4O2/c1-13-4-2-6-15(10-13)21-19(17-8-9-25-12-26-17)22(30-28-21)27-18(29)11-14-5-3-7-16(23)20(14)24/h2-10,12H,11H2,1H3,(H,27,29). The van der Waals surface area contributed by atoms with Crippen LogP contribution in [-0.2, 0) is 11.2 Å². The van der Waals surface area contributed by atoms with E-state index in [1.807, 2.05) is 31.2 Å². The Morgan fingerprint density at radius 1 is 1.13 bits per heavy atom. The fourth-order valence-electron chi connectivity index (χ4n) is 3.07. The van der Waals surface area contributed by atoms with Crippen molar-refractivity contribution < 1.29 is 18.1 Å². The summed E-state index contributed by atoms with van der Waals surface area (Å²) in [5.41, 5.74) is 3.20. The maximum Gasteiger partial charge on any atom is 0.241 e. The van der Waals surface area contributed by atoms with Crippen molar-refractivity contribution in [3.05, 3.63) is 83.8 Å². The molecule has 0 radical (unpaired) electrons. The molecule has 0 aliphatic carbocycles. The number of benzene rings is 2. The maximum absolute atomic E-state index is 13.9. The van der Waals surface area contributed by atoms with Gasteiger partial charge in [-0.2, -0.15) is 0 Å². The second-order valence-electron chi connectivity index (χ2n) is 6.64. The summed E-state index contributed by atoms with van der Waals surface area (Å²) in [5.74, 6) is -2.58. The monoisotopic (exact) mass is 406 g/mol. The third kappa shape index (κ3) is 3.93. The number of aryl methyl sites for hydroxylation is 1. The molecule has 0 saturated carbocycles. The fourth-order valence-corrected chi connectivity index (χ4v) is 3.07. The molecule has 0 saturated heterocycles. The Kier molecular flexibility index (Phi) is 5.30. The Bertz CT molecular complexity index is 1210. The number of nitrogens with one attached hydrogen (secondary N) is 1. The van der Waals surface area contributed by atoms with Crippen LogP contribution in [0.1, 0.15) is 11.1 Å². The first-order valence-electron chi connectivity index (χ1n) is 9.09. The molecule has 0 spiro atoms. The van der Waals surface area contributed by atoms with Crippen molar-refractivity contribution in [2.24, 2.45) is 0 Å². The van der Waals surface area contributed by atoms with Crippen LogP contribution in [0.3, 0.4) is 0 Å². The number of anilines is 1. The van der Waals surface area contributed by atoms with E-state index in [1.165, 1.54) is 18.5 Å². The lowest BCUT2D eigenvalue weighted by Gasteiger charge is -2.07. The number of nitrogens with zero attached hydrogens (tertiary/aromatic N) is 3. The van der Waals surface area contributed by atoms with E-state index in [0.29, 0.717) is 17.0 Å². The highest BCUT2D eigenvalue weighted by molar-refractivity contribution is 5.97. The summed E-state index contributed by atoms with van der Waals surface area (Å²) in [6.07, 6.45) is 2.56. The summed E-state index contributed by atoms with van der Waals surface area (Å²) in [7, 11) is 0. The first-order valence-corrected chi connectivity index (χ1v) is 9.09. The molecule has 2 aromatic carbocycles. The molecule has 30 heavy (non-hydrogen) atoms. The Labute approximate surface area is 170 Å². The minimum absolute atomic E-state index is 0.0606. The molecule has 0 aliphatic heterocycles. The largest absolute Gasteiger partial charge is 0.337 e. The molecule has 4 rings (SSSR count). The van der Waals surface area contributed by atoms with Crippen LogP contribution in [-0.4, -0.2) is 21.0 Å². The molecule has 0 fully saturated rings. The van der Waals surface area contributed by atoms with E-state index in [1.54, 1.807) is 12.3 Å². The van der Waals surface area contributed by atoms with Gasteiger partial charge in [-0.1, -0.05) is 41.1 Å². The van der Waals surface area contributed by atoms with Crippen molar-refractivity contribution in [3.8, 4) is 22.5 Å². The van der Waals surface area contributed by atoms with Crippen LogP contribution in [0.25, 0.3) is 22.5 Å². The summed E-state index contributed by atoms with van der Waals surface area (Å²) in [4.78, 5) is 20.7. The summed E-state index contributed by atoms with van der Waals surface area (Å²) in [6, 6.07) is 13.0. The summed E-state index contributed by atoms with van der Waals surface area (Å²) in [5, 5.41) is 6.70. The van der Waals surface area contributed by atoms with Crippen LogP contribution in [0, 0.1) is 18.6 Å². The second-order valence-corrected chi connectivity index (χ2v) is 6.64. The van der Waals surface area contributed by atoms with Gasteiger partial charge in [0.1, 0.15) is 12.0 Å². The average Bonchev–Trinajstić information content (AvgIpc) is 3.15. The van der Waals surface area contributed by atoms with Crippen molar-refractivity contribution in [2.75, 3.05) is 5.32 Å². The number of carbonyl (C=O) groups excluding carboxylic acids is 1. The van der Waals surface area contributed by atoms with E-state index in [2.05, 4.69) is 20.4 Å². The van der Waals surface area contributed by atoms with Crippen molar-refractivity contribution in [2.45, 2.75) is 13.3 Å². The molecule has 8 heteroatoms. The SMILES string of the molecule is Cc1cccc(-c2noc(NC(=O)Cc3cccc(F)c3F)c2-c2ccncn2)c1. The lowest BCUT2D eigenvalue weighted by molar-refractivity contribution is -0.115. The van der Waals surface area contributed by atoms with Gasteiger partial charge in [-0.15, -0.1) is 0 Å². The van der Waals surface area contributed by atoms with Gasteiger partial charge in [0, 0.05) is 17.3 Å². The van der Waals surface area contributed by atoms with Crippen LogP contribution in [0.4, 0.5) is 14.7 Å². The average molecular weight is 406 g/mol. The third-order valence-corrected chi connectivity index (χ3v) is 4.46. The van der Waals surface area contributed by atoms with Crippen LogP contribution in [0.5, 0.6) is 0 Å². The molecule has 0 bridgehead atoms. The Morgan fingerprint density at radius 3 is 2.73 bits per heavy atom. The number of aromatic nitrogens is 3. The first-order chi connectivity index (χ1) is 14.5. The molecule has 150 valence electrons. The van der Waals surface area contributed by atoms with Crippen molar-refractivity contribution in [3.63, 3.8) is 0 Å². The molecule has 1 amide bonds. The predicted molar refractivity (Wildman–Crippen MR) is 106 cm³/mol. The maximum atomic E-state index is 13.9. The Hall–Kier alpha value is -3.94. The number of rotatable bonds is 5. The van der Waals surface area contributed by atoms with Crippen molar-refractivity contribution in [1.82, 2.24) is 15.1 Å². The summed E-state index contributed by atoms with van der Waals surface area (Å²) >= 11 is 0. The summed E-state index contributed by atoms with van der Waals surface area (Å²) in [6.45, 7) is 1.95. The van der Waals surface area contributed by atoms with Gasteiger partial charge in [0.05, 0.1) is 17.7 Å². The van der Waals surface area contributed by atoms with E-state index >= 15 is 0 Å². The van der Waals surface area contributed by atoms with Crippen molar-refractivity contribution in [1.29, 1.82) is 0 Å².